The first-order chi connectivity index (χ1) is 34.6. The summed E-state index contributed by atoms with van der Waals surface area (Å²) in [7, 11) is 0. The molecule has 2 aliphatic rings. The van der Waals surface area contributed by atoms with Crippen LogP contribution < -0.4 is 4.90 Å². The third-order valence-electron chi connectivity index (χ3n) is 8.62. The fourth-order valence-electron chi connectivity index (χ4n) is 5.37. The second kappa shape index (κ2) is 36.2. The molecule has 2 aromatic carbocycles. The van der Waals surface area contributed by atoms with Gasteiger partial charge in [0.25, 0.3) is 0 Å². The monoisotopic (exact) mass is 897 g/mol. The molecular weight excluding hydrogens is 855 g/mol. The first-order valence-corrected chi connectivity index (χ1v) is 21.9. The van der Waals surface area contributed by atoms with E-state index in [1.807, 2.05) is 0 Å². The van der Waals surface area contributed by atoms with E-state index < -0.39 is 0 Å². The van der Waals surface area contributed by atoms with Gasteiger partial charge in [-0.05, 0) is 164 Å². The van der Waals surface area contributed by atoms with Gasteiger partial charge in [0.15, 0.2) is 0 Å². The smallest absolute Gasteiger partial charge is 0.0532 e. The number of anilines is 1. The SMILES string of the molecule is C#CC#CC#CC#CC#CC#CC#CC#CC#CC#CC#CC#CC#CC#CC#CC#CC#CC#CC#CC.CC(C)(C)C1C#CCCCCC1.CC(C)(C)N1Cc2ccccc2C#Cc2ccccc21. The average Bonchev–Trinajstić information content (AvgIpc) is 3.33. The summed E-state index contributed by atoms with van der Waals surface area (Å²) in [5.41, 5.74) is 5.20. The van der Waals surface area contributed by atoms with Crippen molar-refractivity contribution in [3.8, 4) is 249 Å². The number of nitrogens with zero attached hydrogens (tertiary/aromatic N) is 1. The molecule has 71 heavy (non-hydrogen) atoms. The van der Waals surface area contributed by atoms with E-state index in [0.717, 1.165) is 24.1 Å². The Hall–Kier alpha value is -11.0. The van der Waals surface area contributed by atoms with Crippen LogP contribution in [-0.4, -0.2) is 5.54 Å². The predicted molar refractivity (Wildman–Crippen MR) is 293 cm³/mol. The van der Waals surface area contributed by atoms with Crippen molar-refractivity contribution in [2.45, 2.75) is 92.7 Å². The van der Waals surface area contributed by atoms with Gasteiger partial charge in [-0.1, -0.05) is 87.6 Å². The van der Waals surface area contributed by atoms with Crippen molar-refractivity contribution >= 4 is 5.69 Å². The second-order valence-electron chi connectivity index (χ2n) is 15.8. The molecule has 0 N–H and O–H groups in total. The van der Waals surface area contributed by atoms with Crippen molar-refractivity contribution < 1.29 is 0 Å². The zero-order valence-corrected chi connectivity index (χ0v) is 41.0. The minimum absolute atomic E-state index is 0.0578. The quantitative estimate of drug-likeness (QED) is 0.240. The molecular formula is C70H43N. The largest absolute Gasteiger partial charge is 0.361 e. The number of hydrogen-bond donors (Lipinski definition) is 0. The molecule has 0 saturated carbocycles. The highest BCUT2D eigenvalue weighted by Crippen LogP contribution is 2.32. The van der Waals surface area contributed by atoms with Gasteiger partial charge in [-0.3, -0.25) is 0 Å². The normalized spacial score (nSPS) is 10.2. The topological polar surface area (TPSA) is 3.24 Å². The van der Waals surface area contributed by atoms with Gasteiger partial charge in [-0.15, -0.1) is 12.3 Å². The molecule has 1 heterocycles. The van der Waals surface area contributed by atoms with Crippen LogP contribution in [0.5, 0.6) is 0 Å². The Balaban J connectivity index is 0.000000437. The molecule has 0 radical (unpaired) electrons. The molecule has 0 spiro atoms. The zero-order chi connectivity index (χ0) is 51.4. The van der Waals surface area contributed by atoms with E-state index in [4.69, 9.17) is 6.42 Å². The van der Waals surface area contributed by atoms with E-state index in [1.54, 1.807) is 6.92 Å². The highest BCUT2D eigenvalue weighted by molar-refractivity contribution is 5.65. The Kier molecular flexibility index (Phi) is 28.7. The standard InChI is InChI=1S/C39H4.C19H19N.C12H20/c1-3-5-7-9-11-13-15-17-19-21-23-25-27-29-31-33-35-37-39-38-36-34-32-30-28-26-24-22-20-18-16-14-12-10-8-6-4-2;1-19(2,3)20-14-17-10-5-4-8-15(17)12-13-16-9-6-7-11-18(16)20;1-12(2,3)11-9-7-5-4-6-8-10-11/h1H,2H3;4-11H,14H2,1-3H3;11H,4-7,9H2,1-3H3. The van der Waals surface area contributed by atoms with Crippen LogP contribution in [0.15, 0.2) is 48.5 Å². The molecule has 328 valence electrons. The molecule has 4 rings (SSSR count). The fraction of sp³-hybridized carbons (Fsp3) is 0.229. The number of fused-ring (bicyclic) bond motifs is 2. The summed E-state index contributed by atoms with van der Waals surface area (Å²) in [6.45, 7) is 16.2. The molecule has 1 atom stereocenters. The van der Waals surface area contributed by atoms with Crippen LogP contribution in [0.2, 0.25) is 0 Å². The minimum atomic E-state index is 0.0578. The lowest BCUT2D eigenvalue weighted by atomic mass is 9.77. The summed E-state index contributed by atoms with van der Waals surface area (Å²) in [6, 6.07) is 16.9. The molecule has 2 aromatic rings. The van der Waals surface area contributed by atoms with Crippen LogP contribution in [0, 0.1) is 260 Å². The van der Waals surface area contributed by atoms with Crippen molar-refractivity contribution in [2.24, 2.45) is 11.3 Å². The van der Waals surface area contributed by atoms with E-state index in [-0.39, 0.29) is 5.54 Å². The van der Waals surface area contributed by atoms with Crippen molar-refractivity contribution in [1.82, 2.24) is 0 Å². The van der Waals surface area contributed by atoms with Crippen molar-refractivity contribution in [1.29, 1.82) is 0 Å². The maximum Gasteiger partial charge on any atom is 0.0532 e. The van der Waals surface area contributed by atoms with Gasteiger partial charge in [0, 0.05) is 154 Å². The first kappa shape index (κ1) is 56.1. The lowest BCUT2D eigenvalue weighted by molar-refractivity contribution is 0.279. The Morgan fingerprint density at radius 1 is 0.451 bits per heavy atom. The Labute approximate surface area is 426 Å². The Bertz CT molecular complexity index is 3710. The van der Waals surface area contributed by atoms with E-state index in [1.165, 1.54) is 36.9 Å². The van der Waals surface area contributed by atoms with Crippen molar-refractivity contribution in [3.63, 3.8) is 0 Å². The van der Waals surface area contributed by atoms with Gasteiger partial charge < -0.3 is 4.90 Å². The summed E-state index contributed by atoms with van der Waals surface area (Å²) >= 11 is 0. The maximum atomic E-state index is 4.93. The van der Waals surface area contributed by atoms with Crippen LogP contribution in [0.3, 0.4) is 0 Å². The highest BCUT2D eigenvalue weighted by Gasteiger charge is 2.25. The zero-order valence-electron chi connectivity index (χ0n) is 41.0. The first-order valence-electron chi connectivity index (χ1n) is 21.9. The molecule has 1 unspecified atom stereocenters. The number of terminal acetylenes is 1. The molecule has 0 aromatic heterocycles. The molecule has 1 aliphatic heterocycles. The summed E-state index contributed by atoms with van der Waals surface area (Å²) < 4.78 is 0. The van der Waals surface area contributed by atoms with Crippen molar-refractivity contribution in [3.05, 3.63) is 65.2 Å². The van der Waals surface area contributed by atoms with Crippen LogP contribution in [0.25, 0.3) is 0 Å². The van der Waals surface area contributed by atoms with Crippen LogP contribution in [0.4, 0.5) is 5.69 Å². The summed E-state index contributed by atoms with van der Waals surface area (Å²) in [4.78, 5) is 2.44. The maximum absolute atomic E-state index is 4.93. The number of benzene rings is 2. The van der Waals surface area contributed by atoms with E-state index in [2.05, 4.69) is 338 Å². The second-order valence-corrected chi connectivity index (χ2v) is 15.8. The highest BCUT2D eigenvalue weighted by atomic mass is 15.2. The van der Waals surface area contributed by atoms with Crippen LogP contribution in [0.1, 0.15) is 97.3 Å². The average molecular weight is 898 g/mol. The van der Waals surface area contributed by atoms with Gasteiger partial charge in [-0.2, -0.15) is 0 Å². The van der Waals surface area contributed by atoms with Gasteiger partial charge >= 0.3 is 0 Å². The third kappa shape index (κ3) is 28.5. The summed E-state index contributed by atoms with van der Waals surface area (Å²) in [5.74, 6) is 106. The number of para-hydroxylation sites is 1. The van der Waals surface area contributed by atoms with Crippen LogP contribution >= 0.6 is 0 Å². The Morgan fingerprint density at radius 2 is 0.817 bits per heavy atom. The lowest BCUT2D eigenvalue weighted by Crippen LogP contribution is -2.41. The molecule has 1 heteroatoms. The van der Waals surface area contributed by atoms with Crippen molar-refractivity contribution in [2.75, 3.05) is 4.90 Å². The minimum Gasteiger partial charge on any atom is -0.361 e. The fourth-order valence-corrected chi connectivity index (χ4v) is 5.37. The summed E-state index contributed by atoms with van der Waals surface area (Å²) in [6.07, 6.45) is 11.4. The molecule has 0 saturated heterocycles. The molecule has 1 aliphatic carbocycles. The predicted octanol–water partition coefficient (Wildman–Crippen LogP) is 8.52. The van der Waals surface area contributed by atoms with E-state index in [0.29, 0.717) is 11.3 Å². The van der Waals surface area contributed by atoms with Gasteiger partial charge in [0.05, 0.1) is 5.69 Å². The van der Waals surface area contributed by atoms with Crippen LogP contribution in [-0.2, 0) is 6.54 Å². The molecule has 0 fully saturated rings. The van der Waals surface area contributed by atoms with E-state index in [9.17, 15) is 0 Å². The molecule has 1 nitrogen and oxygen atoms in total. The Morgan fingerprint density at radius 3 is 1.21 bits per heavy atom. The van der Waals surface area contributed by atoms with Gasteiger partial charge in [0.1, 0.15) is 0 Å². The number of rotatable bonds is 0. The van der Waals surface area contributed by atoms with Gasteiger partial charge in [-0.25, -0.2) is 0 Å². The van der Waals surface area contributed by atoms with E-state index >= 15 is 0 Å². The lowest BCUT2D eigenvalue weighted by Gasteiger charge is -2.39. The third-order valence-corrected chi connectivity index (χ3v) is 8.62. The molecule has 0 bridgehead atoms. The summed E-state index contributed by atoms with van der Waals surface area (Å²) in [5, 5.41) is 0. The molecule has 0 amide bonds. The van der Waals surface area contributed by atoms with Gasteiger partial charge in [0.2, 0.25) is 0 Å². The number of hydrogen-bond acceptors (Lipinski definition) is 1.